The summed E-state index contributed by atoms with van der Waals surface area (Å²) >= 11 is 0. The SMILES string of the molecule is O=C(OO)C(O)CCCO. The van der Waals surface area contributed by atoms with Crippen LogP contribution in [-0.2, 0) is 9.68 Å². The maximum atomic E-state index is 10.2. The first-order valence-corrected chi connectivity index (χ1v) is 2.86. The summed E-state index contributed by atoms with van der Waals surface area (Å²) in [4.78, 5) is 13.5. The first-order chi connectivity index (χ1) is 4.72. The number of carbonyl (C=O) groups is 1. The summed E-state index contributed by atoms with van der Waals surface area (Å²) in [6.07, 6.45) is -0.941. The molecule has 10 heavy (non-hydrogen) atoms. The van der Waals surface area contributed by atoms with E-state index in [0.29, 0.717) is 6.42 Å². The van der Waals surface area contributed by atoms with Crippen molar-refractivity contribution in [2.75, 3.05) is 6.61 Å². The Morgan fingerprint density at radius 3 is 2.60 bits per heavy atom. The van der Waals surface area contributed by atoms with E-state index in [1.165, 1.54) is 0 Å². The predicted molar refractivity (Wildman–Crippen MR) is 31.0 cm³/mol. The second-order valence-electron chi connectivity index (χ2n) is 1.79. The van der Waals surface area contributed by atoms with Crippen molar-refractivity contribution >= 4 is 5.97 Å². The number of hydrogen-bond acceptors (Lipinski definition) is 5. The average Bonchev–Trinajstić information content (AvgIpc) is 1.98. The molecule has 0 aromatic rings. The fourth-order valence-electron chi connectivity index (χ4n) is 0.463. The summed E-state index contributed by atoms with van der Waals surface area (Å²) in [6, 6.07) is 0. The van der Waals surface area contributed by atoms with Gasteiger partial charge in [0.2, 0.25) is 0 Å². The standard InChI is InChI=1S/C5H10O5/c6-3-1-2-4(7)5(8)10-9/h4,6-7,9H,1-3H2. The molecule has 0 aliphatic heterocycles. The van der Waals surface area contributed by atoms with E-state index in [0.717, 1.165) is 0 Å². The molecule has 0 bridgehead atoms. The normalized spacial score (nSPS) is 12.7. The highest BCUT2D eigenvalue weighted by Gasteiger charge is 2.15. The molecule has 0 fully saturated rings. The second kappa shape index (κ2) is 5.16. The molecule has 0 aliphatic rings. The molecule has 0 saturated carbocycles. The molecule has 0 rings (SSSR count). The molecule has 0 aromatic heterocycles. The van der Waals surface area contributed by atoms with Gasteiger partial charge in [-0.3, -0.25) is 4.89 Å². The van der Waals surface area contributed by atoms with Crippen LogP contribution in [-0.4, -0.2) is 34.2 Å². The Morgan fingerprint density at radius 1 is 1.60 bits per heavy atom. The molecule has 1 atom stereocenters. The zero-order chi connectivity index (χ0) is 7.98. The van der Waals surface area contributed by atoms with Crippen molar-refractivity contribution in [2.45, 2.75) is 18.9 Å². The van der Waals surface area contributed by atoms with E-state index in [1.807, 2.05) is 0 Å². The van der Waals surface area contributed by atoms with E-state index in [-0.39, 0.29) is 13.0 Å². The van der Waals surface area contributed by atoms with E-state index in [1.54, 1.807) is 0 Å². The van der Waals surface area contributed by atoms with Gasteiger partial charge in [0, 0.05) is 6.61 Å². The molecular weight excluding hydrogens is 140 g/mol. The van der Waals surface area contributed by atoms with Crippen LogP contribution in [0.3, 0.4) is 0 Å². The third-order valence-corrected chi connectivity index (χ3v) is 0.998. The molecule has 60 valence electrons. The fourth-order valence-corrected chi connectivity index (χ4v) is 0.463. The van der Waals surface area contributed by atoms with Crippen LogP contribution in [0.4, 0.5) is 0 Å². The van der Waals surface area contributed by atoms with Gasteiger partial charge in [0.05, 0.1) is 0 Å². The Kier molecular flexibility index (Phi) is 4.82. The minimum atomic E-state index is -1.34. The lowest BCUT2D eigenvalue weighted by molar-refractivity contribution is -0.242. The maximum absolute atomic E-state index is 10.2. The molecule has 5 heteroatoms. The van der Waals surface area contributed by atoms with E-state index >= 15 is 0 Å². The summed E-state index contributed by atoms with van der Waals surface area (Å²) in [7, 11) is 0. The molecule has 0 radical (unpaired) electrons. The lowest BCUT2D eigenvalue weighted by Crippen LogP contribution is -2.21. The molecule has 0 amide bonds. The van der Waals surface area contributed by atoms with Crippen LogP contribution in [0.15, 0.2) is 0 Å². The molecule has 0 spiro atoms. The van der Waals surface area contributed by atoms with Crippen LogP contribution in [0, 0.1) is 0 Å². The van der Waals surface area contributed by atoms with E-state index < -0.39 is 12.1 Å². The Bertz CT molecular complexity index is 102. The Labute approximate surface area is 57.8 Å². The molecule has 0 aliphatic carbocycles. The minimum absolute atomic E-state index is 0.0931. The van der Waals surface area contributed by atoms with Gasteiger partial charge in [-0.05, 0) is 12.8 Å². The zero-order valence-corrected chi connectivity index (χ0v) is 5.36. The summed E-state index contributed by atoms with van der Waals surface area (Å²) in [5.74, 6) is -1.09. The van der Waals surface area contributed by atoms with Crippen molar-refractivity contribution in [3.8, 4) is 0 Å². The smallest absolute Gasteiger partial charge is 0.370 e. The zero-order valence-electron chi connectivity index (χ0n) is 5.36. The van der Waals surface area contributed by atoms with Crippen LogP contribution in [0.1, 0.15) is 12.8 Å². The third kappa shape index (κ3) is 3.39. The van der Waals surface area contributed by atoms with E-state index in [4.69, 9.17) is 15.5 Å². The Morgan fingerprint density at radius 2 is 2.20 bits per heavy atom. The summed E-state index contributed by atoms with van der Waals surface area (Å²) in [6.45, 7) is -0.101. The van der Waals surface area contributed by atoms with Crippen LogP contribution < -0.4 is 0 Å². The van der Waals surface area contributed by atoms with Gasteiger partial charge in [0.1, 0.15) is 0 Å². The lowest BCUT2D eigenvalue weighted by atomic mass is 10.2. The number of rotatable bonds is 4. The summed E-state index contributed by atoms with van der Waals surface area (Å²) in [5, 5.41) is 24.7. The lowest BCUT2D eigenvalue weighted by Gasteiger charge is -2.03. The fraction of sp³-hybridized carbons (Fsp3) is 0.800. The van der Waals surface area contributed by atoms with Crippen molar-refractivity contribution in [1.82, 2.24) is 0 Å². The van der Waals surface area contributed by atoms with Gasteiger partial charge >= 0.3 is 5.97 Å². The number of carbonyl (C=O) groups excluding carboxylic acids is 1. The number of hydrogen-bond donors (Lipinski definition) is 3. The molecule has 0 heterocycles. The summed E-state index contributed by atoms with van der Waals surface area (Å²) < 4.78 is 0. The van der Waals surface area contributed by atoms with E-state index in [9.17, 15) is 4.79 Å². The molecular formula is C5H10O5. The van der Waals surface area contributed by atoms with Crippen molar-refractivity contribution in [1.29, 1.82) is 0 Å². The van der Waals surface area contributed by atoms with Gasteiger partial charge in [-0.1, -0.05) is 0 Å². The third-order valence-electron chi connectivity index (χ3n) is 0.998. The van der Waals surface area contributed by atoms with Crippen LogP contribution in [0.5, 0.6) is 0 Å². The predicted octanol–water partition coefficient (Wildman–Crippen LogP) is -0.864. The van der Waals surface area contributed by atoms with E-state index in [2.05, 4.69) is 4.89 Å². The number of aliphatic hydroxyl groups is 2. The average molecular weight is 150 g/mol. The quantitative estimate of drug-likeness (QED) is 0.358. The highest BCUT2D eigenvalue weighted by molar-refractivity contribution is 5.73. The van der Waals surface area contributed by atoms with Gasteiger partial charge in [-0.2, -0.15) is 5.26 Å². The molecule has 0 aromatic carbocycles. The molecule has 5 nitrogen and oxygen atoms in total. The van der Waals surface area contributed by atoms with Gasteiger partial charge in [-0.25, -0.2) is 4.79 Å². The van der Waals surface area contributed by atoms with Crippen LogP contribution in [0.25, 0.3) is 0 Å². The first kappa shape index (κ1) is 9.35. The van der Waals surface area contributed by atoms with Gasteiger partial charge in [0.25, 0.3) is 0 Å². The largest absolute Gasteiger partial charge is 0.396 e. The summed E-state index contributed by atoms with van der Waals surface area (Å²) in [5.41, 5.74) is 0. The molecule has 3 N–H and O–H groups in total. The highest BCUT2D eigenvalue weighted by Crippen LogP contribution is 1.97. The number of aliphatic hydroxyl groups excluding tert-OH is 2. The topological polar surface area (TPSA) is 87.0 Å². The molecule has 0 saturated heterocycles. The van der Waals surface area contributed by atoms with Crippen molar-refractivity contribution in [3.63, 3.8) is 0 Å². The molecule has 1 unspecified atom stereocenters. The van der Waals surface area contributed by atoms with Crippen molar-refractivity contribution in [2.24, 2.45) is 0 Å². The van der Waals surface area contributed by atoms with Crippen LogP contribution in [0.2, 0.25) is 0 Å². The Balaban J connectivity index is 3.41. The maximum Gasteiger partial charge on any atom is 0.370 e. The van der Waals surface area contributed by atoms with Crippen molar-refractivity contribution < 1.29 is 25.2 Å². The minimum Gasteiger partial charge on any atom is -0.396 e. The monoisotopic (exact) mass is 150 g/mol. The van der Waals surface area contributed by atoms with Crippen LogP contribution >= 0.6 is 0 Å². The van der Waals surface area contributed by atoms with Gasteiger partial charge in [0.15, 0.2) is 6.10 Å². The highest BCUT2D eigenvalue weighted by atomic mass is 17.1. The van der Waals surface area contributed by atoms with Crippen molar-refractivity contribution in [3.05, 3.63) is 0 Å². The second-order valence-corrected chi connectivity index (χ2v) is 1.79. The Hall–Kier alpha value is -0.650. The first-order valence-electron chi connectivity index (χ1n) is 2.86. The van der Waals surface area contributed by atoms with Gasteiger partial charge in [-0.15, -0.1) is 0 Å². The van der Waals surface area contributed by atoms with Gasteiger partial charge < -0.3 is 10.2 Å².